The summed E-state index contributed by atoms with van der Waals surface area (Å²) in [4.78, 5) is 0. The first kappa shape index (κ1) is 26.2. The van der Waals surface area contributed by atoms with Crippen molar-refractivity contribution in [3.8, 4) is 0 Å². The Kier molecular flexibility index (Phi) is 9.10. The lowest BCUT2D eigenvalue weighted by molar-refractivity contribution is 0.105. The van der Waals surface area contributed by atoms with Crippen LogP contribution in [0.3, 0.4) is 0 Å². The second-order valence-corrected chi connectivity index (χ2v) is 10.7. The quantitative estimate of drug-likeness (QED) is 0.271. The molecule has 34 heavy (non-hydrogen) atoms. The van der Waals surface area contributed by atoms with E-state index in [9.17, 15) is 0 Å². The van der Waals surface area contributed by atoms with E-state index in [2.05, 4.69) is 114 Å². The molecule has 0 spiro atoms. The van der Waals surface area contributed by atoms with E-state index in [1.165, 1.54) is 33.4 Å². The van der Waals surface area contributed by atoms with Crippen molar-refractivity contribution in [3.05, 3.63) is 106 Å². The summed E-state index contributed by atoms with van der Waals surface area (Å²) in [5.41, 5.74) is 8.01. The molecule has 0 aliphatic rings. The second-order valence-electron chi connectivity index (χ2n) is 10.7. The Morgan fingerprint density at radius 2 is 0.676 bits per heavy atom. The summed E-state index contributed by atoms with van der Waals surface area (Å²) in [6, 6.07) is 26.2. The van der Waals surface area contributed by atoms with Gasteiger partial charge in [0.05, 0.1) is 26.4 Å². The number of ether oxygens (including phenoxy) is 2. The molecule has 3 rings (SSSR count). The third kappa shape index (κ3) is 7.29. The smallest absolute Gasteiger partial charge is 0.0721 e. The third-order valence-corrected chi connectivity index (χ3v) is 7.34. The van der Waals surface area contributed by atoms with Crippen molar-refractivity contribution in [1.29, 1.82) is 0 Å². The van der Waals surface area contributed by atoms with Gasteiger partial charge in [-0.25, -0.2) is 0 Å². The van der Waals surface area contributed by atoms with Crippen LogP contribution in [0.4, 0.5) is 0 Å². The Morgan fingerprint density at radius 3 is 0.912 bits per heavy atom. The Labute approximate surface area is 207 Å². The maximum atomic E-state index is 5.95. The van der Waals surface area contributed by atoms with Crippen LogP contribution in [-0.2, 0) is 46.7 Å². The molecule has 0 aliphatic carbocycles. The largest absolute Gasteiger partial charge is 0.372 e. The van der Waals surface area contributed by atoms with Gasteiger partial charge < -0.3 is 9.47 Å². The molecule has 0 N–H and O–H groups in total. The monoisotopic (exact) mass is 458 g/mol. The van der Waals surface area contributed by atoms with Crippen LogP contribution in [0.5, 0.6) is 0 Å². The van der Waals surface area contributed by atoms with Crippen molar-refractivity contribution in [2.45, 2.75) is 91.6 Å². The van der Waals surface area contributed by atoms with E-state index < -0.39 is 0 Å². The van der Waals surface area contributed by atoms with E-state index in [1.807, 2.05) is 0 Å². The van der Waals surface area contributed by atoms with Crippen molar-refractivity contribution in [1.82, 2.24) is 0 Å². The van der Waals surface area contributed by atoms with Gasteiger partial charge in [-0.3, -0.25) is 0 Å². The highest BCUT2D eigenvalue weighted by atomic mass is 16.5. The average Bonchev–Trinajstić information content (AvgIpc) is 2.85. The number of benzene rings is 3. The lowest BCUT2D eigenvalue weighted by Crippen LogP contribution is -2.15. The lowest BCUT2D eigenvalue weighted by Gasteiger charge is -2.23. The minimum atomic E-state index is 0.224. The predicted molar refractivity (Wildman–Crippen MR) is 143 cm³/mol. The van der Waals surface area contributed by atoms with Crippen LogP contribution >= 0.6 is 0 Å². The number of rotatable bonds is 12. The molecule has 2 nitrogen and oxygen atoms in total. The Hall–Kier alpha value is -2.42. The molecule has 0 bridgehead atoms. The molecule has 3 aromatic carbocycles. The minimum absolute atomic E-state index is 0.224. The van der Waals surface area contributed by atoms with Gasteiger partial charge in [-0.05, 0) is 57.1 Å². The molecular formula is C32H42O2. The summed E-state index contributed by atoms with van der Waals surface area (Å²) in [5.74, 6) is 0. The van der Waals surface area contributed by atoms with E-state index in [-0.39, 0.29) is 10.8 Å². The highest BCUT2D eigenvalue weighted by Crippen LogP contribution is 2.27. The minimum Gasteiger partial charge on any atom is -0.372 e. The van der Waals surface area contributed by atoms with E-state index in [0.29, 0.717) is 26.4 Å². The van der Waals surface area contributed by atoms with Crippen molar-refractivity contribution >= 4 is 0 Å². The van der Waals surface area contributed by atoms with E-state index >= 15 is 0 Å². The topological polar surface area (TPSA) is 18.5 Å². The standard InChI is InChI=1S/C32H42O2/c1-7-31(3,4)29-17-13-27(14-18-29)23-33-21-25-9-11-26(12-10-25)22-34-24-28-15-19-30(20-16-28)32(5,6)8-2/h9-20H,7-8,21-24H2,1-6H3. The van der Waals surface area contributed by atoms with Crippen LogP contribution in [0.2, 0.25) is 0 Å². The van der Waals surface area contributed by atoms with Crippen LogP contribution in [0.25, 0.3) is 0 Å². The van der Waals surface area contributed by atoms with Gasteiger partial charge in [-0.1, -0.05) is 114 Å². The molecule has 0 saturated carbocycles. The molecular weight excluding hydrogens is 416 g/mol. The van der Waals surface area contributed by atoms with Gasteiger partial charge in [-0.15, -0.1) is 0 Å². The van der Waals surface area contributed by atoms with Gasteiger partial charge in [0.15, 0.2) is 0 Å². The molecule has 0 aromatic heterocycles. The molecule has 0 unspecified atom stereocenters. The highest BCUT2D eigenvalue weighted by molar-refractivity contribution is 5.29. The molecule has 2 heteroatoms. The SMILES string of the molecule is CCC(C)(C)c1ccc(COCc2ccc(COCc3ccc(C(C)(C)CC)cc3)cc2)cc1. The van der Waals surface area contributed by atoms with E-state index in [0.717, 1.165) is 12.8 Å². The molecule has 0 saturated heterocycles. The van der Waals surface area contributed by atoms with Gasteiger partial charge in [-0.2, -0.15) is 0 Å². The molecule has 0 heterocycles. The second kappa shape index (κ2) is 11.8. The summed E-state index contributed by atoms with van der Waals surface area (Å²) in [6.07, 6.45) is 2.27. The normalized spacial score (nSPS) is 12.2. The Morgan fingerprint density at radius 1 is 0.441 bits per heavy atom. The molecule has 0 fully saturated rings. The predicted octanol–water partition coefficient (Wildman–Crippen LogP) is 8.50. The fourth-order valence-corrected chi connectivity index (χ4v) is 3.82. The lowest BCUT2D eigenvalue weighted by atomic mass is 9.82. The first-order valence-corrected chi connectivity index (χ1v) is 12.7. The van der Waals surface area contributed by atoms with E-state index in [4.69, 9.17) is 9.47 Å². The first-order chi connectivity index (χ1) is 16.2. The molecule has 0 radical (unpaired) electrons. The van der Waals surface area contributed by atoms with Crippen molar-refractivity contribution in [2.75, 3.05) is 0 Å². The number of hydrogen-bond acceptors (Lipinski definition) is 2. The van der Waals surface area contributed by atoms with Gasteiger partial charge in [0.25, 0.3) is 0 Å². The summed E-state index contributed by atoms with van der Waals surface area (Å²) in [5, 5.41) is 0. The number of hydrogen-bond donors (Lipinski definition) is 0. The van der Waals surface area contributed by atoms with Crippen LogP contribution in [0, 0.1) is 0 Å². The zero-order valence-electron chi connectivity index (χ0n) is 22.0. The maximum Gasteiger partial charge on any atom is 0.0721 e. The Bertz CT molecular complexity index is 912. The molecule has 182 valence electrons. The molecule has 0 aliphatic heterocycles. The average molecular weight is 459 g/mol. The van der Waals surface area contributed by atoms with Crippen LogP contribution in [0.1, 0.15) is 87.8 Å². The summed E-state index contributed by atoms with van der Waals surface area (Å²) < 4.78 is 11.9. The summed E-state index contributed by atoms with van der Waals surface area (Å²) >= 11 is 0. The zero-order chi connectivity index (χ0) is 24.6. The fourth-order valence-electron chi connectivity index (χ4n) is 3.82. The third-order valence-electron chi connectivity index (χ3n) is 7.34. The van der Waals surface area contributed by atoms with Crippen molar-refractivity contribution in [2.24, 2.45) is 0 Å². The fraction of sp³-hybridized carbons (Fsp3) is 0.438. The van der Waals surface area contributed by atoms with Crippen LogP contribution < -0.4 is 0 Å². The van der Waals surface area contributed by atoms with Gasteiger partial charge in [0.2, 0.25) is 0 Å². The first-order valence-electron chi connectivity index (χ1n) is 12.7. The summed E-state index contributed by atoms with van der Waals surface area (Å²) in [7, 11) is 0. The summed E-state index contributed by atoms with van der Waals surface area (Å²) in [6.45, 7) is 16.1. The highest BCUT2D eigenvalue weighted by Gasteiger charge is 2.18. The van der Waals surface area contributed by atoms with Gasteiger partial charge in [0, 0.05) is 0 Å². The molecule has 0 amide bonds. The van der Waals surface area contributed by atoms with E-state index in [1.54, 1.807) is 0 Å². The zero-order valence-corrected chi connectivity index (χ0v) is 22.0. The van der Waals surface area contributed by atoms with Crippen molar-refractivity contribution < 1.29 is 9.47 Å². The van der Waals surface area contributed by atoms with Crippen molar-refractivity contribution in [3.63, 3.8) is 0 Å². The molecule has 3 aromatic rings. The van der Waals surface area contributed by atoms with Crippen LogP contribution in [0.15, 0.2) is 72.8 Å². The van der Waals surface area contributed by atoms with Crippen LogP contribution in [-0.4, -0.2) is 0 Å². The van der Waals surface area contributed by atoms with Gasteiger partial charge >= 0.3 is 0 Å². The maximum absolute atomic E-state index is 5.95. The van der Waals surface area contributed by atoms with Gasteiger partial charge in [0.1, 0.15) is 0 Å². The molecule has 0 atom stereocenters. The Balaban J connectivity index is 1.40.